The van der Waals surface area contributed by atoms with Gasteiger partial charge in [-0.1, -0.05) is 31.7 Å². The number of pyridine rings is 2. The number of methoxy groups -OCH3 is 1. The van der Waals surface area contributed by atoms with Crippen LogP contribution >= 0.6 is 10.6 Å². The van der Waals surface area contributed by atoms with Crippen molar-refractivity contribution in [2.75, 3.05) is 31.8 Å². The number of rotatable bonds is 14. The number of nitrogens with zero attached hydrogens (tertiary/aromatic N) is 2. The first-order valence-electron chi connectivity index (χ1n) is 13.3. The largest absolute Gasteiger partial charge is 0.460 e. The van der Waals surface area contributed by atoms with E-state index in [4.69, 9.17) is 22.8 Å². The van der Waals surface area contributed by atoms with Crippen LogP contribution in [0.15, 0.2) is 53.8 Å². The van der Waals surface area contributed by atoms with Gasteiger partial charge in [0.15, 0.2) is 11.9 Å². The molecule has 214 valence electrons. The quantitative estimate of drug-likeness (QED) is 0.0923. The SMILES string of the molecule is C=CC(=O)OCCOS(CC)(CC)O[C@@](C=O)(CC)c1cc2n(c(=O)c1COC)Cc1cc3ccccc3nc1-2. The molecule has 3 heterocycles. The van der Waals surface area contributed by atoms with Crippen LogP contribution in [0.3, 0.4) is 0 Å². The third kappa shape index (κ3) is 5.49. The van der Waals surface area contributed by atoms with Crippen LogP contribution < -0.4 is 5.56 Å². The van der Waals surface area contributed by atoms with Gasteiger partial charge in [-0.3, -0.25) is 18.0 Å². The Kier molecular flexibility index (Phi) is 9.25. The summed E-state index contributed by atoms with van der Waals surface area (Å²) in [5.74, 6) is 0.446. The van der Waals surface area contributed by atoms with Crippen LogP contribution in [0.2, 0.25) is 0 Å². The molecule has 40 heavy (non-hydrogen) atoms. The average Bonchev–Trinajstić information content (AvgIpc) is 3.35. The zero-order valence-electron chi connectivity index (χ0n) is 23.4. The topological polar surface area (TPSA) is 106 Å². The molecule has 1 aliphatic rings. The zero-order valence-corrected chi connectivity index (χ0v) is 24.3. The molecular formula is C30H36N2O7S. The molecule has 1 aromatic carbocycles. The van der Waals surface area contributed by atoms with E-state index in [1.54, 1.807) is 4.57 Å². The minimum atomic E-state index is -2.27. The maximum absolute atomic E-state index is 13.9. The van der Waals surface area contributed by atoms with E-state index in [-0.39, 0.29) is 31.8 Å². The molecule has 10 heteroatoms. The molecule has 0 fully saturated rings. The summed E-state index contributed by atoms with van der Waals surface area (Å²) >= 11 is 0. The second-order valence-electron chi connectivity index (χ2n) is 9.39. The van der Waals surface area contributed by atoms with Crippen LogP contribution in [0.25, 0.3) is 22.3 Å². The standard InChI is InChI=1S/C30H36N2O7S/c1-6-27(34)37-14-15-38-40(8-3,9-4)39-30(7-2,20-33)24-17-26-28-22(16-21-12-10-11-13-25(21)31-28)18-32(26)29(35)23(24)19-36-5/h6,10-13,16-17,20H,1,7-9,14-15,18-19H2,2-5H3/t30-/m1/s1. The van der Waals surface area contributed by atoms with Crippen molar-refractivity contribution in [2.45, 2.75) is 45.9 Å². The summed E-state index contributed by atoms with van der Waals surface area (Å²) in [6.07, 6.45) is 2.11. The molecule has 1 atom stereocenters. The second-order valence-corrected chi connectivity index (χ2v) is 12.4. The number of para-hydroxylation sites is 1. The Morgan fingerprint density at radius 3 is 2.58 bits per heavy atom. The molecule has 1 aliphatic heterocycles. The molecule has 3 aromatic rings. The van der Waals surface area contributed by atoms with E-state index in [1.807, 2.05) is 51.1 Å². The van der Waals surface area contributed by atoms with Gasteiger partial charge in [0.05, 0.1) is 30.1 Å². The minimum absolute atomic E-state index is 0.0120. The van der Waals surface area contributed by atoms with Gasteiger partial charge in [-0.15, -0.1) is 0 Å². The number of hydrogen-bond donors (Lipinski definition) is 0. The minimum Gasteiger partial charge on any atom is -0.460 e. The van der Waals surface area contributed by atoms with E-state index in [0.717, 1.165) is 28.8 Å². The molecule has 0 saturated carbocycles. The van der Waals surface area contributed by atoms with Crippen LogP contribution in [0.4, 0.5) is 0 Å². The highest BCUT2D eigenvalue weighted by Crippen LogP contribution is 2.55. The smallest absolute Gasteiger partial charge is 0.330 e. The lowest BCUT2D eigenvalue weighted by molar-refractivity contribution is -0.138. The highest BCUT2D eigenvalue weighted by atomic mass is 32.3. The van der Waals surface area contributed by atoms with Gasteiger partial charge in [0.25, 0.3) is 5.56 Å². The summed E-state index contributed by atoms with van der Waals surface area (Å²) in [5, 5.41) is 0.994. The van der Waals surface area contributed by atoms with Crippen molar-refractivity contribution in [3.05, 3.63) is 76.1 Å². The van der Waals surface area contributed by atoms with Gasteiger partial charge in [0.2, 0.25) is 0 Å². The van der Waals surface area contributed by atoms with Gasteiger partial charge in [-0.2, -0.15) is 10.6 Å². The second kappa shape index (κ2) is 12.5. The number of carbonyl (C=O) groups excluding carboxylic acids is 2. The maximum Gasteiger partial charge on any atom is 0.330 e. The Morgan fingerprint density at radius 2 is 1.93 bits per heavy atom. The van der Waals surface area contributed by atoms with Crippen LogP contribution in [0.1, 0.15) is 43.9 Å². The Balaban J connectivity index is 1.81. The summed E-state index contributed by atoms with van der Waals surface area (Å²) in [6.45, 7) is 9.60. The van der Waals surface area contributed by atoms with Gasteiger partial charge in [-0.25, -0.2) is 9.78 Å². The number of aldehydes is 1. The Morgan fingerprint density at radius 1 is 1.18 bits per heavy atom. The zero-order chi connectivity index (χ0) is 28.9. The molecule has 0 radical (unpaired) electrons. The molecule has 0 bridgehead atoms. The summed E-state index contributed by atoms with van der Waals surface area (Å²) in [6, 6.07) is 11.7. The normalized spacial score (nSPS) is 14.3. The molecule has 0 N–H and O–H groups in total. The lowest BCUT2D eigenvalue weighted by Gasteiger charge is -2.47. The van der Waals surface area contributed by atoms with Gasteiger partial charge < -0.3 is 14.0 Å². The molecule has 0 spiro atoms. The molecule has 0 aliphatic carbocycles. The summed E-state index contributed by atoms with van der Waals surface area (Å²) in [7, 11) is -0.754. The van der Waals surface area contributed by atoms with Crippen LogP contribution in [-0.4, -0.2) is 53.6 Å². The predicted molar refractivity (Wildman–Crippen MR) is 156 cm³/mol. The fraction of sp³-hybridized carbons (Fsp3) is 0.400. The van der Waals surface area contributed by atoms with Crippen LogP contribution in [0.5, 0.6) is 0 Å². The monoisotopic (exact) mass is 568 g/mol. The average molecular weight is 569 g/mol. The summed E-state index contributed by atoms with van der Waals surface area (Å²) < 4.78 is 25.1. The van der Waals surface area contributed by atoms with Crippen LogP contribution in [0, 0.1) is 0 Å². The molecule has 0 saturated heterocycles. The maximum atomic E-state index is 13.9. The van der Waals surface area contributed by atoms with Gasteiger partial charge in [0.1, 0.15) is 13.2 Å². The number of benzene rings is 1. The summed E-state index contributed by atoms with van der Waals surface area (Å²) in [4.78, 5) is 43.3. The first kappa shape index (κ1) is 29.7. The Bertz CT molecular complexity index is 1480. The van der Waals surface area contributed by atoms with Gasteiger partial charge in [-0.05, 0) is 38.5 Å². The van der Waals surface area contributed by atoms with Crippen molar-refractivity contribution in [1.29, 1.82) is 0 Å². The van der Waals surface area contributed by atoms with Crippen molar-refractivity contribution in [1.82, 2.24) is 9.55 Å². The van der Waals surface area contributed by atoms with Crippen molar-refractivity contribution < 1.29 is 27.4 Å². The third-order valence-corrected chi connectivity index (χ3v) is 10.2. The highest BCUT2D eigenvalue weighted by molar-refractivity contribution is 8.25. The number of fused-ring (bicyclic) bond motifs is 4. The van der Waals surface area contributed by atoms with Crippen molar-refractivity contribution in [3.8, 4) is 11.4 Å². The lowest BCUT2D eigenvalue weighted by atomic mass is 9.89. The molecule has 9 nitrogen and oxygen atoms in total. The fourth-order valence-corrected chi connectivity index (χ4v) is 7.19. The molecule has 0 amide bonds. The first-order chi connectivity index (χ1) is 19.3. The van der Waals surface area contributed by atoms with E-state index < -0.39 is 22.2 Å². The number of ether oxygens (including phenoxy) is 2. The molecule has 0 unspecified atom stereocenters. The van der Waals surface area contributed by atoms with E-state index in [2.05, 4.69) is 12.6 Å². The van der Waals surface area contributed by atoms with Gasteiger partial charge in [0, 0.05) is 46.8 Å². The predicted octanol–water partition coefficient (Wildman–Crippen LogP) is 4.81. The first-order valence-corrected chi connectivity index (χ1v) is 15.2. The summed E-state index contributed by atoms with van der Waals surface area (Å²) in [5.41, 5.74) is 2.20. The van der Waals surface area contributed by atoms with Crippen molar-refractivity contribution in [3.63, 3.8) is 0 Å². The van der Waals surface area contributed by atoms with Crippen LogP contribution in [-0.2, 0) is 46.2 Å². The molecule has 2 aromatic heterocycles. The highest BCUT2D eigenvalue weighted by Gasteiger charge is 2.42. The molecular weight excluding hydrogens is 532 g/mol. The van der Waals surface area contributed by atoms with Crippen molar-refractivity contribution in [2.24, 2.45) is 0 Å². The van der Waals surface area contributed by atoms with E-state index in [0.29, 0.717) is 40.6 Å². The Hall–Kier alpha value is -3.31. The van der Waals surface area contributed by atoms with E-state index in [1.165, 1.54) is 7.11 Å². The number of hydrogen-bond acceptors (Lipinski definition) is 8. The lowest BCUT2D eigenvalue weighted by Crippen LogP contribution is -2.38. The number of aromatic nitrogens is 2. The van der Waals surface area contributed by atoms with E-state index in [9.17, 15) is 14.4 Å². The third-order valence-electron chi connectivity index (χ3n) is 7.21. The van der Waals surface area contributed by atoms with Gasteiger partial charge >= 0.3 is 5.97 Å². The Labute approximate surface area is 235 Å². The van der Waals surface area contributed by atoms with Crippen molar-refractivity contribution >= 4 is 33.7 Å². The number of esters is 1. The van der Waals surface area contributed by atoms with E-state index >= 15 is 0 Å². The molecule has 4 rings (SSSR count). The number of carbonyl (C=O) groups is 2. The fourth-order valence-electron chi connectivity index (χ4n) is 5.01.